The largest absolute Gasteiger partial charge is 0.462 e. The molecule has 6 N–H and O–H groups in total. The second-order valence-corrected chi connectivity index (χ2v) is 6.37. The summed E-state index contributed by atoms with van der Waals surface area (Å²) < 4.78 is 19.2. The van der Waals surface area contributed by atoms with E-state index >= 15 is 0 Å². The van der Waals surface area contributed by atoms with Gasteiger partial charge in [0.1, 0.15) is 31.0 Å². The smallest absolute Gasteiger partial charge is 0.351 e. The molecule has 1 aliphatic rings. The van der Waals surface area contributed by atoms with E-state index in [0.717, 1.165) is 6.20 Å². The van der Waals surface area contributed by atoms with Gasteiger partial charge in [0.15, 0.2) is 12.0 Å². The fraction of sp³-hybridized carbons (Fsp3) is 0.667. The number of nitrogens with one attached hydrogen (secondary N) is 1. The first-order chi connectivity index (χ1) is 12.6. The topological polar surface area (TPSA) is 169 Å². The molecule has 1 aromatic heterocycles. The number of aliphatic hydroxyl groups excluding tert-OH is 2. The van der Waals surface area contributed by atoms with Crippen LogP contribution in [0.3, 0.4) is 0 Å². The minimum Gasteiger partial charge on any atom is -0.462 e. The predicted octanol–water partition coefficient (Wildman–Crippen LogP) is -1.42. The number of hydrogen-bond donors (Lipinski definition) is 5. The molecule has 146 valence electrons. The van der Waals surface area contributed by atoms with Crippen LogP contribution in [0.1, 0.15) is 27.8 Å². The highest BCUT2D eigenvalue weighted by molar-refractivity contribution is 5.75. The van der Waals surface area contributed by atoms with Crippen LogP contribution < -0.4 is 16.9 Å². The van der Waals surface area contributed by atoms with Crippen LogP contribution in [-0.2, 0) is 14.3 Å². The molecule has 0 aromatic carbocycles. The van der Waals surface area contributed by atoms with Crippen molar-refractivity contribution in [2.24, 2.45) is 11.7 Å². The fourth-order valence-corrected chi connectivity index (χ4v) is 2.48. The molecule has 0 spiro atoms. The van der Waals surface area contributed by atoms with Crippen LogP contribution in [0.5, 0.6) is 0 Å². The number of nitrogens with two attached hydrogens (primary N) is 1. The van der Waals surface area contributed by atoms with E-state index in [1.807, 2.05) is 13.8 Å². The molecular weight excluding hydrogens is 348 g/mol. The number of esters is 1. The minimum absolute atomic E-state index is 0.169. The van der Waals surface area contributed by atoms with Crippen molar-refractivity contribution in [3.8, 4) is 0 Å². The van der Waals surface area contributed by atoms with Crippen LogP contribution in [0.4, 0.5) is 5.82 Å². The van der Waals surface area contributed by atoms with Crippen molar-refractivity contribution in [3.63, 3.8) is 0 Å². The Morgan fingerprint density at radius 1 is 1.54 bits per heavy atom. The Balaban J connectivity index is 2.11. The Bertz CT molecular complexity index is 730. The summed E-state index contributed by atoms with van der Waals surface area (Å²) in [4.78, 5) is 27.3. The molecular formula is C15H24N4O7. The zero-order valence-corrected chi connectivity index (χ0v) is 14.4. The van der Waals surface area contributed by atoms with Crippen molar-refractivity contribution < 1.29 is 31.1 Å². The molecule has 1 fully saturated rings. The maximum absolute atomic E-state index is 12.0. The summed E-state index contributed by atoms with van der Waals surface area (Å²) in [6.45, 7) is 3.33. The van der Waals surface area contributed by atoms with Crippen molar-refractivity contribution in [2.45, 2.75) is 50.8 Å². The molecule has 0 saturated carbocycles. The molecule has 0 bridgehead atoms. The summed E-state index contributed by atoms with van der Waals surface area (Å²) in [5, 5.41) is 29.1. The Morgan fingerprint density at radius 3 is 2.81 bits per heavy atom. The van der Waals surface area contributed by atoms with Crippen molar-refractivity contribution in [2.75, 3.05) is 12.1 Å². The Morgan fingerprint density at radius 2 is 2.23 bits per heavy atom. The monoisotopic (exact) mass is 373 g/mol. The van der Waals surface area contributed by atoms with Crippen LogP contribution in [0.25, 0.3) is 0 Å². The zero-order valence-electron chi connectivity index (χ0n) is 15.4. The van der Waals surface area contributed by atoms with Crippen molar-refractivity contribution in [1.29, 1.82) is 0 Å². The van der Waals surface area contributed by atoms with Gasteiger partial charge >= 0.3 is 11.7 Å². The second kappa shape index (κ2) is 8.56. The van der Waals surface area contributed by atoms with Gasteiger partial charge in [0.05, 0.1) is 1.37 Å². The van der Waals surface area contributed by atoms with Gasteiger partial charge in [0.2, 0.25) is 0 Å². The molecule has 5 atom stereocenters. The van der Waals surface area contributed by atoms with Gasteiger partial charge in [-0.3, -0.25) is 20.0 Å². The van der Waals surface area contributed by atoms with Crippen molar-refractivity contribution in [3.05, 3.63) is 22.7 Å². The molecule has 11 nitrogen and oxygen atoms in total. The molecule has 1 saturated heterocycles. The maximum atomic E-state index is 12.0. The van der Waals surface area contributed by atoms with Gasteiger partial charge in [-0.1, -0.05) is 13.8 Å². The lowest BCUT2D eigenvalue weighted by molar-refractivity contribution is -0.152. The van der Waals surface area contributed by atoms with Crippen LogP contribution >= 0.6 is 0 Å². The normalized spacial score (nSPS) is 30.1. The van der Waals surface area contributed by atoms with Gasteiger partial charge in [-0.25, -0.2) is 4.79 Å². The third kappa shape index (κ3) is 4.56. The summed E-state index contributed by atoms with van der Waals surface area (Å²) in [5.41, 5.74) is 6.38. The molecule has 2 heterocycles. The van der Waals surface area contributed by atoms with E-state index in [0.29, 0.717) is 11.0 Å². The van der Waals surface area contributed by atoms with Gasteiger partial charge in [-0.15, -0.1) is 0 Å². The standard InChI is InChI=1S/C15H24N4O7/c1-7(2)5-8(16)14(22)25-6-9-11(20)12(21)13(26-9)19-4-3-10(18-24)17-15(19)23/h3-4,7-9,11-13,20-21,24H,5-6,16H2,1-2H3,(H,17,18,23)/t8-,9+,11+,12+,13+/m0/s1/i13D. The number of nitrogens with zero attached hydrogens (tertiary/aromatic N) is 2. The number of ether oxygens (including phenoxy) is 2. The van der Waals surface area contributed by atoms with E-state index in [-0.39, 0.29) is 11.7 Å². The second-order valence-electron chi connectivity index (χ2n) is 6.37. The lowest BCUT2D eigenvalue weighted by atomic mass is 10.1. The Hall–Kier alpha value is -2.05. The highest BCUT2D eigenvalue weighted by Gasteiger charge is 2.44. The number of aromatic nitrogens is 2. The van der Waals surface area contributed by atoms with Crippen LogP contribution in [0.2, 0.25) is 0 Å². The van der Waals surface area contributed by atoms with Crippen molar-refractivity contribution >= 4 is 11.8 Å². The van der Waals surface area contributed by atoms with E-state index in [1.165, 1.54) is 6.07 Å². The lowest BCUT2D eigenvalue weighted by Crippen LogP contribution is -2.38. The quantitative estimate of drug-likeness (QED) is 0.282. The first-order valence-corrected chi connectivity index (χ1v) is 8.06. The summed E-state index contributed by atoms with van der Waals surface area (Å²) in [5.74, 6) is -0.689. The third-order valence-corrected chi connectivity index (χ3v) is 3.80. The van der Waals surface area contributed by atoms with Gasteiger partial charge in [-0.05, 0) is 18.4 Å². The molecule has 1 aromatic rings. The number of hydrogen-bond acceptors (Lipinski definition) is 10. The average Bonchev–Trinajstić information content (AvgIpc) is 2.83. The summed E-state index contributed by atoms with van der Waals surface area (Å²) >= 11 is 0. The molecule has 11 heteroatoms. The number of carbonyl (C=O) groups is 1. The molecule has 0 aliphatic carbocycles. The van der Waals surface area contributed by atoms with E-state index in [2.05, 4.69) is 4.98 Å². The first kappa shape index (κ1) is 18.7. The summed E-state index contributed by atoms with van der Waals surface area (Å²) in [6.07, 6.45) is -5.60. The van der Waals surface area contributed by atoms with Gasteiger partial charge in [0, 0.05) is 6.20 Å². The molecule has 1 aliphatic heterocycles. The van der Waals surface area contributed by atoms with Crippen molar-refractivity contribution in [1.82, 2.24) is 9.55 Å². The fourth-order valence-electron chi connectivity index (χ4n) is 2.48. The number of carbonyl (C=O) groups excluding carboxylic acids is 1. The van der Waals surface area contributed by atoms with Crippen LogP contribution in [-0.4, -0.2) is 61.9 Å². The zero-order chi connectivity index (χ0) is 20.4. The molecule has 26 heavy (non-hydrogen) atoms. The minimum atomic E-state index is -2.39. The van der Waals surface area contributed by atoms with Gasteiger partial charge in [-0.2, -0.15) is 4.98 Å². The van der Waals surface area contributed by atoms with Crippen LogP contribution in [0, 0.1) is 5.92 Å². The van der Waals surface area contributed by atoms with E-state index in [9.17, 15) is 19.8 Å². The maximum Gasteiger partial charge on any atom is 0.351 e. The average molecular weight is 373 g/mol. The van der Waals surface area contributed by atoms with Gasteiger partial charge < -0.3 is 25.4 Å². The van der Waals surface area contributed by atoms with E-state index < -0.39 is 48.8 Å². The highest BCUT2D eigenvalue weighted by Crippen LogP contribution is 2.28. The number of rotatable bonds is 7. The molecule has 2 rings (SSSR count). The Labute approximate surface area is 150 Å². The number of anilines is 1. The third-order valence-electron chi connectivity index (χ3n) is 3.80. The number of aliphatic hydroxyl groups is 2. The predicted molar refractivity (Wildman–Crippen MR) is 88.2 cm³/mol. The highest BCUT2D eigenvalue weighted by atomic mass is 16.6. The van der Waals surface area contributed by atoms with Crippen LogP contribution in [0.15, 0.2) is 17.1 Å². The molecule has 0 amide bonds. The molecule has 0 unspecified atom stereocenters. The summed E-state index contributed by atoms with van der Waals surface area (Å²) in [7, 11) is 0. The first-order valence-electron chi connectivity index (χ1n) is 8.56. The SMILES string of the molecule is [2H][C@@]1(n2ccc(NO)nc2=O)O[C@H](COC(=O)[C@@H](N)CC(C)C)[C@@H](O)[C@H]1O. The van der Waals surface area contributed by atoms with E-state index in [4.69, 9.17) is 21.8 Å². The van der Waals surface area contributed by atoms with Gasteiger partial charge in [0.25, 0.3) is 0 Å². The molecule has 0 radical (unpaired) electrons. The Kier molecular flexibility index (Phi) is 6.16. The lowest BCUT2D eigenvalue weighted by Gasteiger charge is -2.18. The summed E-state index contributed by atoms with van der Waals surface area (Å²) in [6, 6.07) is 0.317. The van der Waals surface area contributed by atoms with E-state index in [1.54, 1.807) is 5.48 Å².